The van der Waals surface area contributed by atoms with Crippen LogP contribution in [0.1, 0.15) is 60.3 Å². The molecule has 0 saturated carbocycles. The second-order valence-electron chi connectivity index (χ2n) is 8.36. The summed E-state index contributed by atoms with van der Waals surface area (Å²) < 4.78 is 0. The zero-order valence-corrected chi connectivity index (χ0v) is 20.3. The second kappa shape index (κ2) is 15.0. The molecule has 12 nitrogen and oxygen atoms in total. The maximum Gasteiger partial charge on any atom is 0.326 e. The average molecular weight is 472 g/mol. The Hall–Kier alpha value is -2.89. The van der Waals surface area contributed by atoms with E-state index in [0.717, 1.165) is 0 Å². The summed E-state index contributed by atoms with van der Waals surface area (Å²) in [5, 5.41) is 17.1. The van der Waals surface area contributed by atoms with Gasteiger partial charge in [-0.25, -0.2) is 4.79 Å². The molecule has 0 aromatic rings. The molecule has 12 heteroatoms. The van der Waals surface area contributed by atoms with Gasteiger partial charge in [0.15, 0.2) is 5.96 Å². The van der Waals surface area contributed by atoms with Gasteiger partial charge < -0.3 is 38.3 Å². The van der Waals surface area contributed by atoms with Crippen molar-refractivity contribution in [1.82, 2.24) is 16.0 Å². The van der Waals surface area contributed by atoms with Crippen LogP contribution in [0.15, 0.2) is 4.99 Å². The monoisotopic (exact) mass is 471 g/mol. The highest BCUT2D eigenvalue weighted by Crippen LogP contribution is 2.10. The molecule has 0 aliphatic heterocycles. The summed E-state index contributed by atoms with van der Waals surface area (Å²) in [6, 6.07) is -3.87. The molecular formula is C21H41N7O5. The van der Waals surface area contributed by atoms with Crippen molar-refractivity contribution in [1.29, 1.82) is 0 Å². The molecule has 0 aromatic heterocycles. The van der Waals surface area contributed by atoms with Gasteiger partial charge in [0.1, 0.15) is 18.1 Å². The molecule has 6 atom stereocenters. The number of aliphatic carboxylic acids is 1. The normalized spacial score (nSPS) is 16.3. The second-order valence-corrected chi connectivity index (χ2v) is 8.36. The number of carboxylic acids is 1. The molecule has 0 saturated heterocycles. The Morgan fingerprint density at radius 3 is 1.94 bits per heavy atom. The minimum absolute atomic E-state index is 0.0668. The topological polar surface area (TPSA) is 215 Å². The summed E-state index contributed by atoms with van der Waals surface area (Å²) in [7, 11) is 0. The fourth-order valence-electron chi connectivity index (χ4n) is 2.89. The molecule has 0 radical (unpaired) electrons. The van der Waals surface area contributed by atoms with Crippen molar-refractivity contribution in [3.8, 4) is 0 Å². The number of nitrogens with two attached hydrogens (primary N) is 3. The Bertz CT molecular complexity index is 696. The van der Waals surface area contributed by atoms with Crippen molar-refractivity contribution in [2.45, 2.75) is 84.5 Å². The SMILES string of the molecule is CCC(C)C(N)C(=O)NC(C)C(=O)NC(CCCN=C(N)N)C(=O)NC(C(=O)O)C(C)CC. The fraction of sp³-hybridized carbons (Fsp3) is 0.762. The first-order chi connectivity index (χ1) is 15.3. The molecule has 33 heavy (non-hydrogen) atoms. The number of carbonyl (C=O) groups excluding carboxylic acids is 3. The Balaban J connectivity index is 5.33. The molecule has 0 heterocycles. The van der Waals surface area contributed by atoms with Crippen LogP contribution in [0.3, 0.4) is 0 Å². The van der Waals surface area contributed by atoms with E-state index >= 15 is 0 Å². The number of carboxylic acid groups (broad SMARTS) is 1. The summed E-state index contributed by atoms with van der Waals surface area (Å²) in [6.45, 7) is 8.97. The average Bonchev–Trinajstić information content (AvgIpc) is 2.76. The minimum Gasteiger partial charge on any atom is -0.480 e. The molecule has 0 fully saturated rings. The Morgan fingerprint density at radius 1 is 0.879 bits per heavy atom. The van der Waals surface area contributed by atoms with Crippen LogP contribution >= 0.6 is 0 Å². The van der Waals surface area contributed by atoms with E-state index in [-0.39, 0.29) is 30.8 Å². The van der Waals surface area contributed by atoms with Crippen LogP contribution in [0.5, 0.6) is 0 Å². The molecule has 6 unspecified atom stereocenters. The Morgan fingerprint density at radius 2 is 1.45 bits per heavy atom. The van der Waals surface area contributed by atoms with Crippen molar-refractivity contribution >= 4 is 29.7 Å². The highest BCUT2D eigenvalue weighted by molar-refractivity contribution is 5.94. The summed E-state index contributed by atoms with van der Waals surface area (Å²) in [4.78, 5) is 53.2. The minimum atomic E-state index is -1.16. The first-order valence-electron chi connectivity index (χ1n) is 11.3. The van der Waals surface area contributed by atoms with Gasteiger partial charge in [0.05, 0.1) is 6.04 Å². The van der Waals surface area contributed by atoms with Crippen LogP contribution in [-0.2, 0) is 19.2 Å². The molecule has 0 aliphatic carbocycles. The predicted molar refractivity (Wildman–Crippen MR) is 126 cm³/mol. The lowest BCUT2D eigenvalue weighted by Gasteiger charge is -2.26. The van der Waals surface area contributed by atoms with E-state index in [1.807, 2.05) is 20.8 Å². The number of hydrogen-bond donors (Lipinski definition) is 7. The third-order valence-electron chi connectivity index (χ3n) is 5.67. The summed E-state index contributed by atoms with van der Waals surface area (Å²) in [5.41, 5.74) is 16.5. The van der Waals surface area contributed by atoms with E-state index in [9.17, 15) is 24.3 Å². The summed E-state index contributed by atoms with van der Waals surface area (Å²) in [6.07, 6.45) is 1.76. The molecule has 190 valence electrons. The van der Waals surface area contributed by atoms with Crippen molar-refractivity contribution in [2.75, 3.05) is 6.54 Å². The van der Waals surface area contributed by atoms with E-state index in [1.165, 1.54) is 6.92 Å². The zero-order valence-electron chi connectivity index (χ0n) is 20.3. The third kappa shape index (κ3) is 11.0. The number of aliphatic imine (C=N–C) groups is 1. The first kappa shape index (κ1) is 30.1. The smallest absolute Gasteiger partial charge is 0.326 e. The van der Waals surface area contributed by atoms with E-state index < -0.39 is 47.9 Å². The Kier molecular flexibility index (Phi) is 13.7. The van der Waals surface area contributed by atoms with Crippen molar-refractivity contribution in [2.24, 2.45) is 34.0 Å². The van der Waals surface area contributed by atoms with Crippen LogP contribution in [0, 0.1) is 11.8 Å². The van der Waals surface area contributed by atoms with E-state index in [0.29, 0.717) is 19.3 Å². The molecule has 10 N–H and O–H groups in total. The lowest BCUT2D eigenvalue weighted by Crippen LogP contribution is -2.57. The van der Waals surface area contributed by atoms with E-state index in [2.05, 4.69) is 20.9 Å². The van der Waals surface area contributed by atoms with Crippen molar-refractivity contribution in [3.63, 3.8) is 0 Å². The summed E-state index contributed by atoms with van der Waals surface area (Å²) in [5.74, 6) is -3.36. The number of rotatable bonds is 15. The number of carbonyl (C=O) groups is 4. The number of nitrogens with zero attached hydrogens (tertiary/aromatic N) is 1. The summed E-state index contributed by atoms with van der Waals surface area (Å²) >= 11 is 0. The lowest BCUT2D eigenvalue weighted by atomic mass is 9.98. The molecule has 3 amide bonds. The fourth-order valence-corrected chi connectivity index (χ4v) is 2.89. The maximum atomic E-state index is 12.8. The number of amides is 3. The van der Waals surface area contributed by atoms with Crippen LogP contribution < -0.4 is 33.2 Å². The molecule has 0 spiro atoms. The quantitative estimate of drug-likeness (QED) is 0.0892. The zero-order chi connectivity index (χ0) is 25.7. The number of hydrogen-bond acceptors (Lipinski definition) is 6. The molecule has 0 aliphatic rings. The molecule has 0 bridgehead atoms. The largest absolute Gasteiger partial charge is 0.480 e. The van der Waals surface area contributed by atoms with Gasteiger partial charge in [-0.1, -0.05) is 40.5 Å². The van der Waals surface area contributed by atoms with Crippen molar-refractivity contribution < 1.29 is 24.3 Å². The maximum absolute atomic E-state index is 12.8. The van der Waals surface area contributed by atoms with Gasteiger partial charge >= 0.3 is 5.97 Å². The van der Waals surface area contributed by atoms with E-state index in [4.69, 9.17) is 17.2 Å². The van der Waals surface area contributed by atoms with Gasteiger partial charge in [0, 0.05) is 6.54 Å². The molecular weight excluding hydrogens is 430 g/mol. The molecule has 0 rings (SSSR count). The standard InChI is InChI=1S/C21H41N7O5/c1-6-11(3)15(22)19(31)26-13(5)17(29)27-14(9-8-10-25-21(23)24)18(30)28-16(20(32)33)12(4)7-2/h11-16H,6-10,22H2,1-5H3,(H,26,31)(H,27,29)(H,28,30)(H,32,33)(H4,23,24,25). The molecule has 0 aromatic carbocycles. The highest BCUT2D eigenvalue weighted by Gasteiger charge is 2.31. The lowest BCUT2D eigenvalue weighted by molar-refractivity contribution is -0.144. The van der Waals surface area contributed by atoms with Gasteiger partial charge in [-0.05, 0) is 31.6 Å². The van der Waals surface area contributed by atoms with Crippen LogP contribution in [-0.4, -0.2) is 65.5 Å². The number of guanidine groups is 1. The Labute approximate surface area is 195 Å². The van der Waals surface area contributed by atoms with Crippen LogP contribution in [0.25, 0.3) is 0 Å². The van der Waals surface area contributed by atoms with Gasteiger partial charge in [-0.2, -0.15) is 0 Å². The first-order valence-corrected chi connectivity index (χ1v) is 11.3. The van der Waals surface area contributed by atoms with Crippen molar-refractivity contribution in [3.05, 3.63) is 0 Å². The van der Waals surface area contributed by atoms with Crippen LogP contribution in [0.4, 0.5) is 0 Å². The van der Waals surface area contributed by atoms with E-state index in [1.54, 1.807) is 6.92 Å². The third-order valence-corrected chi connectivity index (χ3v) is 5.67. The van der Waals surface area contributed by atoms with Crippen LogP contribution in [0.2, 0.25) is 0 Å². The van der Waals surface area contributed by atoms with Gasteiger partial charge in [0.2, 0.25) is 17.7 Å². The predicted octanol–water partition coefficient (Wildman–Crippen LogP) is -0.982. The van der Waals surface area contributed by atoms with Gasteiger partial charge in [0.25, 0.3) is 0 Å². The van der Waals surface area contributed by atoms with Gasteiger partial charge in [-0.3, -0.25) is 19.4 Å². The highest BCUT2D eigenvalue weighted by atomic mass is 16.4. The number of nitrogens with one attached hydrogen (secondary N) is 3. The van der Waals surface area contributed by atoms with Gasteiger partial charge in [-0.15, -0.1) is 0 Å².